The molecule has 23 heavy (non-hydrogen) atoms. The van der Waals surface area contributed by atoms with Gasteiger partial charge in [0.2, 0.25) is 0 Å². The van der Waals surface area contributed by atoms with Gasteiger partial charge in [-0.05, 0) is 32.4 Å². The minimum Gasteiger partial charge on any atom is -0.374 e. The summed E-state index contributed by atoms with van der Waals surface area (Å²) in [4.78, 5) is 7.02. The molecule has 0 fully saturated rings. The molecule has 2 aromatic heterocycles. The number of aryl methyl sites for hydroxylation is 1. The zero-order valence-electron chi connectivity index (χ0n) is 14.2. The fourth-order valence-electron chi connectivity index (χ4n) is 3.03. The number of ether oxygens (including phenoxy) is 1. The molecule has 6 nitrogen and oxygen atoms in total. The molecule has 0 spiro atoms. The predicted octanol–water partition coefficient (Wildman–Crippen LogP) is 1.96. The van der Waals surface area contributed by atoms with Crippen molar-refractivity contribution in [3.05, 3.63) is 41.2 Å². The lowest BCUT2D eigenvalue weighted by Crippen LogP contribution is -2.34. The van der Waals surface area contributed by atoms with Crippen LogP contribution in [0.2, 0.25) is 0 Å². The molecule has 0 amide bonds. The van der Waals surface area contributed by atoms with E-state index in [0.717, 1.165) is 43.4 Å². The molecule has 0 bridgehead atoms. The van der Waals surface area contributed by atoms with Crippen LogP contribution in [0.1, 0.15) is 36.8 Å². The van der Waals surface area contributed by atoms with E-state index in [1.54, 1.807) is 0 Å². The highest BCUT2D eigenvalue weighted by atomic mass is 16.5. The SMILES string of the molecule is CCOCc1nnc2n1CCN(Cc1ncccc1C)C(C)C2. The fraction of sp³-hybridized carbons (Fsp3) is 0.588. The van der Waals surface area contributed by atoms with Gasteiger partial charge in [-0.3, -0.25) is 9.88 Å². The number of hydrogen-bond acceptors (Lipinski definition) is 5. The van der Waals surface area contributed by atoms with Crippen molar-refractivity contribution in [3.63, 3.8) is 0 Å². The molecule has 0 saturated carbocycles. The number of aromatic nitrogens is 4. The van der Waals surface area contributed by atoms with Crippen LogP contribution in [0, 0.1) is 6.92 Å². The van der Waals surface area contributed by atoms with E-state index in [-0.39, 0.29) is 0 Å². The van der Waals surface area contributed by atoms with Gasteiger partial charge in [0.25, 0.3) is 0 Å². The molecule has 1 aliphatic heterocycles. The lowest BCUT2D eigenvalue weighted by atomic mass is 10.1. The van der Waals surface area contributed by atoms with E-state index < -0.39 is 0 Å². The van der Waals surface area contributed by atoms with Gasteiger partial charge < -0.3 is 9.30 Å². The lowest BCUT2D eigenvalue weighted by molar-refractivity contribution is 0.124. The molecule has 2 aromatic rings. The van der Waals surface area contributed by atoms with E-state index >= 15 is 0 Å². The van der Waals surface area contributed by atoms with Crippen molar-refractivity contribution in [3.8, 4) is 0 Å². The van der Waals surface area contributed by atoms with Crippen molar-refractivity contribution in [1.29, 1.82) is 0 Å². The Morgan fingerprint density at radius 2 is 2.17 bits per heavy atom. The van der Waals surface area contributed by atoms with Crippen molar-refractivity contribution in [2.45, 2.75) is 52.9 Å². The summed E-state index contributed by atoms with van der Waals surface area (Å²) in [6.07, 6.45) is 2.78. The lowest BCUT2D eigenvalue weighted by Gasteiger charge is -2.26. The van der Waals surface area contributed by atoms with E-state index in [9.17, 15) is 0 Å². The van der Waals surface area contributed by atoms with Crippen LogP contribution in [0.25, 0.3) is 0 Å². The largest absolute Gasteiger partial charge is 0.374 e. The normalized spacial score (nSPS) is 18.7. The van der Waals surface area contributed by atoms with Crippen LogP contribution >= 0.6 is 0 Å². The summed E-state index contributed by atoms with van der Waals surface area (Å²) in [6.45, 7) is 10.4. The molecule has 0 N–H and O–H groups in total. The Balaban J connectivity index is 1.73. The molecule has 1 atom stereocenters. The Kier molecular flexibility index (Phi) is 5.03. The summed E-state index contributed by atoms with van der Waals surface area (Å²) < 4.78 is 7.72. The predicted molar refractivity (Wildman–Crippen MR) is 87.9 cm³/mol. The van der Waals surface area contributed by atoms with Crippen LogP contribution in [0.5, 0.6) is 0 Å². The van der Waals surface area contributed by atoms with Gasteiger partial charge in [0.1, 0.15) is 12.4 Å². The van der Waals surface area contributed by atoms with Crippen molar-refractivity contribution in [2.75, 3.05) is 13.2 Å². The standard InChI is InChI=1S/C17H25N5O/c1-4-23-12-17-20-19-16-10-14(3)21(8-9-22(16)17)11-15-13(2)6-5-7-18-15/h5-7,14H,4,8-12H2,1-3H3. The third-order valence-corrected chi connectivity index (χ3v) is 4.52. The van der Waals surface area contributed by atoms with Gasteiger partial charge in [0.15, 0.2) is 5.82 Å². The van der Waals surface area contributed by atoms with Gasteiger partial charge >= 0.3 is 0 Å². The summed E-state index contributed by atoms with van der Waals surface area (Å²) in [5.41, 5.74) is 2.41. The Bertz CT molecular complexity index is 654. The highest BCUT2D eigenvalue weighted by molar-refractivity contribution is 5.17. The molecule has 6 heteroatoms. The zero-order chi connectivity index (χ0) is 16.2. The van der Waals surface area contributed by atoms with E-state index in [2.05, 4.69) is 44.6 Å². The van der Waals surface area contributed by atoms with E-state index in [1.165, 1.54) is 5.56 Å². The summed E-state index contributed by atoms with van der Waals surface area (Å²) >= 11 is 0. The second kappa shape index (κ2) is 7.19. The topological polar surface area (TPSA) is 56.1 Å². The monoisotopic (exact) mass is 315 g/mol. The van der Waals surface area contributed by atoms with Crippen molar-refractivity contribution < 1.29 is 4.74 Å². The van der Waals surface area contributed by atoms with Crippen LogP contribution in [-0.4, -0.2) is 43.8 Å². The molecule has 0 aromatic carbocycles. The number of pyridine rings is 1. The van der Waals surface area contributed by atoms with Crippen LogP contribution in [0.4, 0.5) is 0 Å². The Morgan fingerprint density at radius 1 is 1.30 bits per heavy atom. The number of hydrogen-bond donors (Lipinski definition) is 0. The highest BCUT2D eigenvalue weighted by Crippen LogP contribution is 2.18. The van der Waals surface area contributed by atoms with Gasteiger partial charge in [0.05, 0.1) is 5.69 Å². The van der Waals surface area contributed by atoms with Gasteiger partial charge in [-0.2, -0.15) is 0 Å². The average molecular weight is 315 g/mol. The zero-order valence-corrected chi connectivity index (χ0v) is 14.2. The van der Waals surface area contributed by atoms with Crippen LogP contribution in [-0.2, 0) is 30.9 Å². The third-order valence-electron chi connectivity index (χ3n) is 4.52. The molecule has 0 radical (unpaired) electrons. The first kappa shape index (κ1) is 16.1. The maximum Gasteiger partial charge on any atom is 0.159 e. The summed E-state index contributed by atoms with van der Waals surface area (Å²) in [5, 5.41) is 8.66. The molecule has 0 saturated heterocycles. The molecule has 3 rings (SSSR count). The van der Waals surface area contributed by atoms with Gasteiger partial charge in [-0.15, -0.1) is 10.2 Å². The first-order valence-corrected chi connectivity index (χ1v) is 8.32. The molecular formula is C17H25N5O. The van der Waals surface area contributed by atoms with E-state index in [4.69, 9.17) is 4.74 Å². The maximum absolute atomic E-state index is 5.50. The third kappa shape index (κ3) is 3.59. The maximum atomic E-state index is 5.50. The second-order valence-corrected chi connectivity index (χ2v) is 6.11. The highest BCUT2D eigenvalue weighted by Gasteiger charge is 2.24. The van der Waals surface area contributed by atoms with Gasteiger partial charge in [-0.25, -0.2) is 0 Å². The van der Waals surface area contributed by atoms with Crippen molar-refractivity contribution >= 4 is 0 Å². The first-order chi connectivity index (χ1) is 11.2. The minimum absolute atomic E-state index is 0.418. The van der Waals surface area contributed by atoms with Crippen LogP contribution < -0.4 is 0 Å². The quantitative estimate of drug-likeness (QED) is 0.844. The van der Waals surface area contributed by atoms with E-state index in [1.807, 2.05) is 19.2 Å². The van der Waals surface area contributed by atoms with Crippen molar-refractivity contribution in [2.24, 2.45) is 0 Å². The molecule has 1 unspecified atom stereocenters. The molecule has 0 aliphatic carbocycles. The number of rotatable bonds is 5. The van der Waals surface area contributed by atoms with Gasteiger partial charge in [0, 0.05) is 44.9 Å². The Hall–Kier alpha value is -1.79. The van der Waals surface area contributed by atoms with Crippen LogP contribution in [0.15, 0.2) is 18.3 Å². The smallest absolute Gasteiger partial charge is 0.159 e. The fourth-order valence-corrected chi connectivity index (χ4v) is 3.03. The molecular weight excluding hydrogens is 290 g/mol. The average Bonchev–Trinajstić information content (AvgIpc) is 2.85. The second-order valence-electron chi connectivity index (χ2n) is 6.11. The summed E-state index contributed by atoms with van der Waals surface area (Å²) in [5.74, 6) is 2.00. The number of fused-ring (bicyclic) bond motifs is 1. The molecule has 3 heterocycles. The first-order valence-electron chi connectivity index (χ1n) is 8.32. The number of nitrogens with zero attached hydrogens (tertiary/aromatic N) is 5. The molecule has 1 aliphatic rings. The van der Waals surface area contributed by atoms with Gasteiger partial charge in [-0.1, -0.05) is 6.07 Å². The Morgan fingerprint density at radius 3 is 2.96 bits per heavy atom. The summed E-state index contributed by atoms with van der Waals surface area (Å²) in [6, 6.07) is 4.54. The Labute approximate surface area is 137 Å². The minimum atomic E-state index is 0.418. The molecule has 124 valence electrons. The van der Waals surface area contributed by atoms with Crippen molar-refractivity contribution in [1.82, 2.24) is 24.6 Å². The summed E-state index contributed by atoms with van der Waals surface area (Å²) in [7, 11) is 0. The van der Waals surface area contributed by atoms with E-state index in [0.29, 0.717) is 19.3 Å². The van der Waals surface area contributed by atoms with Crippen LogP contribution in [0.3, 0.4) is 0 Å².